The predicted octanol–water partition coefficient (Wildman–Crippen LogP) is 3.74. The molecule has 0 bridgehead atoms. The van der Waals surface area contributed by atoms with E-state index in [9.17, 15) is 14.1 Å². The molecule has 0 heterocycles. The average Bonchev–Trinajstić information content (AvgIpc) is 2.28. The van der Waals surface area contributed by atoms with Crippen molar-refractivity contribution in [2.45, 2.75) is 19.8 Å². The van der Waals surface area contributed by atoms with Gasteiger partial charge in [0.2, 0.25) is 0 Å². The van der Waals surface area contributed by atoms with Gasteiger partial charge in [0.05, 0.1) is 0 Å². The van der Waals surface area contributed by atoms with Crippen LogP contribution in [-0.4, -0.2) is 11.7 Å². The zero-order chi connectivity index (χ0) is 12.2. The zero-order valence-electron chi connectivity index (χ0n) is 9.06. The van der Waals surface area contributed by atoms with Gasteiger partial charge in [-0.15, -0.1) is 16.7 Å². The fourth-order valence-electron chi connectivity index (χ4n) is 0.789. The SMILES string of the molecule is C\C=C/C=C\C(F)=C\SCCCC(=O)N=O. The summed E-state index contributed by atoms with van der Waals surface area (Å²) in [5.74, 6) is -0.396. The molecule has 16 heavy (non-hydrogen) atoms. The van der Waals surface area contributed by atoms with Crippen molar-refractivity contribution in [2.24, 2.45) is 5.18 Å². The normalized spacial score (nSPS) is 12.5. The average molecular weight is 243 g/mol. The number of carbonyl (C=O) groups excluding carboxylic acids is 1. The van der Waals surface area contributed by atoms with Crippen LogP contribution in [0.4, 0.5) is 4.39 Å². The molecule has 0 aromatic rings. The topological polar surface area (TPSA) is 46.5 Å². The number of nitroso groups, excluding NO2 is 1. The minimum atomic E-state index is -0.655. The molecular weight excluding hydrogens is 229 g/mol. The van der Waals surface area contributed by atoms with Crippen molar-refractivity contribution in [1.82, 2.24) is 0 Å². The smallest absolute Gasteiger partial charge is 0.269 e. The van der Waals surface area contributed by atoms with Gasteiger partial charge in [0.25, 0.3) is 5.91 Å². The number of amides is 1. The second kappa shape index (κ2) is 10.3. The summed E-state index contributed by atoms with van der Waals surface area (Å²) in [6.45, 7) is 1.85. The first kappa shape index (κ1) is 14.8. The third kappa shape index (κ3) is 9.33. The Bertz CT molecular complexity index is 311. The Morgan fingerprint density at radius 2 is 2.19 bits per heavy atom. The molecule has 0 aliphatic heterocycles. The highest BCUT2D eigenvalue weighted by atomic mass is 32.2. The van der Waals surface area contributed by atoms with Gasteiger partial charge in [0.15, 0.2) is 0 Å². The van der Waals surface area contributed by atoms with E-state index in [-0.39, 0.29) is 12.2 Å². The number of halogens is 1. The van der Waals surface area contributed by atoms with Crippen molar-refractivity contribution >= 4 is 17.7 Å². The van der Waals surface area contributed by atoms with Gasteiger partial charge in [0.1, 0.15) is 5.83 Å². The van der Waals surface area contributed by atoms with Crippen LogP contribution in [0, 0.1) is 4.91 Å². The number of rotatable bonds is 7. The molecule has 1 amide bonds. The largest absolute Gasteiger partial charge is 0.286 e. The first-order valence-electron chi connectivity index (χ1n) is 4.83. The molecule has 0 N–H and O–H groups in total. The molecule has 0 atom stereocenters. The van der Waals surface area contributed by atoms with Crippen LogP contribution in [0.25, 0.3) is 0 Å². The summed E-state index contributed by atoms with van der Waals surface area (Å²) >= 11 is 1.26. The molecule has 0 unspecified atom stereocenters. The molecule has 88 valence electrons. The molecule has 0 spiro atoms. The van der Waals surface area contributed by atoms with Gasteiger partial charge in [-0.1, -0.05) is 18.2 Å². The van der Waals surface area contributed by atoms with Crippen LogP contribution >= 0.6 is 11.8 Å². The second-order valence-electron chi connectivity index (χ2n) is 2.85. The Balaban J connectivity index is 3.66. The standard InChI is InChI=1S/C11H14FNO2S/c1-2-3-4-6-10(12)9-16-8-5-7-11(14)13-15/h2-4,6,9H,5,7-8H2,1H3/b3-2-,6-4-,10-9-. The maximum Gasteiger partial charge on any atom is 0.286 e. The van der Waals surface area contributed by atoms with Crippen LogP contribution in [0.1, 0.15) is 19.8 Å². The Morgan fingerprint density at radius 3 is 2.81 bits per heavy atom. The molecule has 5 heteroatoms. The van der Waals surface area contributed by atoms with Crippen molar-refractivity contribution in [3.8, 4) is 0 Å². The van der Waals surface area contributed by atoms with E-state index in [0.717, 1.165) is 0 Å². The zero-order valence-corrected chi connectivity index (χ0v) is 9.87. The molecule has 0 saturated heterocycles. The Hall–Kier alpha value is -1.23. The highest BCUT2D eigenvalue weighted by Gasteiger charge is 1.98. The summed E-state index contributed by atoms with van der Waals surface area (Å²) in [5.41, 5.74) is 0. The second-order valence-corrected chi connectivity index (χ2v) is 3.82. The monoisotopic (exact) mass is 243 g/mol. The lowest BCUT2D eigenvalue weighted by atomic mass is 10.3. The van der Waals surface area contributed by atoms with Crippen LogP contribution in [0.2, 0.25) is 0 Å². The molecular formula is C11H14FNO2S. The van der Waals surface area contributed by atoms with E-state index in [0.29, 0.717) is 12.2 Å². The number of carbonyl (C=O) groups is 1. The number of nitrogens with zero attached hydrogens (tertiary/aromatic N) is 1. The van der Waals surface area contributed by atoms with Gasteiger partial charge in [-0.05, 0) is 25.2 Å². The van der Waals surface area contributed by atoms with Crippen molar-refractivity contribution in [1.29, 1.82) is 0 Å². The van der Waals surface area contributed by atoms with Crippen LogP contribution in [0.5, 0.6) is 0 Å². The highest BCUT2D eigenvalue weighted by molar-refractivity contribution is 8.02. The molecule has 3 nitrogen and oxygen atoms in total. The number of allylic oxidation sites excluding steroid dienone is 5. The first-order valence-corrected chi connectivity index (χ1v) is 5.88. The molecule has 0 fully saturated rings. The molecule has 0 aliphatic rings. The van der Waals surface area contributed by atoms with Gasteiger partial charge < -0.3 is 0 Å². The maximum absolute atomic E-state index is 13.0. The van der Waals surface area contributed by atoms with Crippen molar-refractivity contribution in [2.75, 3.05) is 5.75 Å². The van der Waals surface area contributed by atoms with E-state index < -0.39 is 5.91 Å². The van der Waals surface area contributed by atoms with Gasteiger partial charge in [-0.25, -0.2) is 4.39 Å². The summed E-state index contributed by atoms with van der Waals surface area (Å²) in [4.78, 5) is 20.2. The van der Waals surface area contributed by atoms with E-state index in [1.807, 2.05) is 6.92 Å². The Kier molecular flexibility index (Phi) is 9.50. The molecule has 0 rings (SSSR count). The van der Waals surface area contributed by atoms with Gasteiger partial charge in [0, 0.05) is 17.0 Å². The lowest BCUT2D eigenvalue weighted by Gasteiger charge is -1.92. The first-order chi connectivity index (χ1) is 7.70. The van der Waals surface area contributed by atoms with E-state index >= 15 is 0 Å². The predicted molar refractivity (Wildman–Crippen MR) is 65.6 cm³/mol. The summed E-state index contributed by atoms with van der Waals surface area (Å²) in [6.07, 6.45) is 7.14. The molecule has 0 aromatic carbocycles. The van der Waals surface area contributed by atoms with Gasteiger partial charge >= 0.3 is 0 Å². The minimum Gasteiger partial charge on any atom is -0.269 e. The quantitative estimate of drug-likeness (QED) is 0.389. The highest BCUT2D eigenvalue weighted by Crippen LogP contribution is 2.12. The van der Waals surface area contributed by atoms with Crippen LogP contribution in [-0.2, 0) is 4.79 Å². The maximum atomic E-state index is 13.0. The van der Waals surface area contributed by atoms with E-state index in [1.54, 1.807) is 18.2 Å². The molecule has 0 aliphatic carbocycles. The third-order valence-electron chi connectivity index (χ3n) is 1.51. The lowest BCUT2D eigenvalue weighted by Crippen LogP contribution is -1.91. The summed E-state index contributed by atoms with van der Waals surface area (Å²) in [6, 6.07) is 0. The van der Waals surface area contributed by atoms with Crippen molar-refractivity contribution in [3.63, 3.8) is 0 Å². The van der Waals surface area contributed by atoms with Crippen LogP contribution in [0.3, 0.4) is 0 Å². The Labute approximate surface area is 98.5 Å². The number of hydrogen-bond acceptors (Lipinski definition) is 3. The molecule has 0 radical (unpaired) electrons. The fourth-order valence-corrected chi connectivity index (χ4v) is 1.46. The number of hydrogen-bond donors (Lipinski definition) is 0. The van der Waals surface area contributed by atoms with Gasteiger partial charge in [-0.2, -0.15) is 0 Å². The summed E-state index contributed by atoms with van der Waals surface area (Å²) in [7, 11) is 0. The van der Waals surface area contributed by atoms with Gasteiger partial charge in [-0.3, -0.25) is 4.79 Å². The van der Waals surface area contributed by atoms with E-state index in [2.05, 4.69) is 5.18 Å². The molecule has 0 aromatic heterocycles. The summed E-state index contributed by atoms with van der Waals surface area (Å²) in [5, 5.41) is 3.64. The van der Waals surface area contributed by atoms with Crippen LogP contribution < -0.4 is 0 Å². The Morgan fingerprint density at radius 1 is 1.44 bits per heavy atom. The van der Waals surface area contributed by atoms with E-state index in [4.69, 9.17) is 0 Å². The van der Waals surface area contributed by atoms with E-state index in [1.165, 1.54) is 23.2 Å². The van der Waals surface area contributed by atoms with Crippen molar-refractivity contribution in [3.05, 3.63) is 40.4 Å². The third-order valence-corrected chi connectivity index (χ3v) is 2.43. The minimum absolute atomic E-state index is 0.125. The van der Waals surface area contributed by atoms with Crippen molar-refractivity contribution < 1.29 is 9.18 Å². The summed E-state index contributed by atoms with van der Waals surface area (Å²) < 4.78 is 13.0. The fraction of sp³-hybridized carbons (Fsp3) is 0.364. The number of thioether (sulfide) groups is 1. The van der Waals surface area contributed by atoms with Crippen LogP contribution in [0.15, 0.2) is 40.7 Å². The lowest BCUT2D eigenvalue weighted by molar-refractivity contribution is -0.117. The molecule has 0 saturated carbocycles.